The predicted molar refractivity (Wildman–Crippen MR) is 87.3 cm³/mol. The number of fused-ring (bicyclic) bond motifs is 1. The minimum Gasteiger partial charge on any atom is -0.378 e. The Kier molecular flexibility index (Phi) is 3.39. The summed E-state index contributed by atoms with van der Waals surface area (Å²) in [6.07, 6.45) is 0. The summed E-state index contributed by atoms with van der Waals surface area (Å²) in [5, 5.41) is 3.85. The molecule has 0 atom stereocenters. The quantitative estimate of drug-likeness (QED) is 0.729. The van der Waals surface area contributed by atoms with Gasteiger partial charge in [-0.2, -0.15) is 0 Å². The van der Waals surface area contributed by atoms with Crippen molar-refractivity contribution < 1.29 is 0 Å². The van der Waals surface area contributed by atoms with Gasteiger partial charge in [-0.05, 0) is 31.5 Å². The Labute approximate surface area is 126 Å². The number of rotatable bonds is 3. The number of benzene rings is 1. The molecule has 0 unspecified atom stereocenters. The second-order valence-corrected chi connectivity index (χ2v) is 6.09. The maximum absolute atomic E-state index is 12.4. The fourth-order valence-electron chi connectivity index (χ4n) is 2.21. The van der Waals surface area contributed by atoms with Crippen molar-refractivity contribution in [3.63, 3.8) is 0 Å². The van der Waals surface area contributed by atoms with E-state index in [-0.39, 0.29) is 5.56 Å². The van der Waals surface area contributed by atoms with Gasteiger partial charge in [-0.3, -0.25) is 4.79 Å². The van der Waals surface area contributed by atoms with E-state index in [2.05, 4.69) is 10.3 Å². The third-order valence-corrected chi connectivity index (χ3v) is 4.63. The van der Waals surface area contributed by atoms with Crippen LogP contribution in [0.1, 0.15) is 16.3 Å². The fraction of sp³-hybridized carbons (Fsp3) is 0.200. The number of nitrogen functional groups attached to an aromatic ring is 1. The highest BCUT2D eigenvalue weighted by Gasteiger charge is 2.14. The standard InChI is InChI=1S/C15H16N4OS/c1-9-10(2)21-14-13(9)15(20)19(16)12(18-14)8-17-11-6-4-3-5-7-11/h3-7,17H,8,16H2,1-2H3. The van der Waals surface area contributed by atoms with Crippen molar-refractivity contribution in [3.05, 3.63) is 57.0 Å². The van der Waals surface area contributed by atoms with Crippen LogP contribution >= 0.6 is 11.3 Å². The van der Waals surface area contributed by atoms with Crippen LogP contribution in [0.25, 0.3) is 10.2 Å². The topological polar surface area (TPSA) is 72.9 Å². The minimum atomic E-state index is -0.188. The molecule has 5 nitrogen and oxygen atoms in total. The van der Waals surface area contributed by atoms with Crippen molar-refractivity contribution in [2.24, 2.45) is 0 Å². The molecule has 0 saturated carbocycles. The second-order valence-electron chi connectivity index (χ2n) is 4.89. The molecule has 0 aliphatic rings. The smallest absolute Gasteiger partial charge is 0.281 e. The maximum Gasteiger partial charge on any atom is 0.281 e. The van der Waals surface area contributed by atoms with Crippen molar-refractivity contribution in [2.45, 2.75) is 20.4 Å². The molecular weight excluding hydrogens is 284 g/mol. The molecule has 108 valence electrons. The SMILES string of the molecule is Cc1sc2nc(CNc3ccccc3)n(N)c(=O)c2c1C. The molecule has 2 heterocycles. The molecule has 0 aliphatic heterocycles. The van der Waals surface area contributed by atoms with Crippen LogP contribution in [0, 0.1) is 13.8 Å². The summed E-state index contributed by atoms with van der Waals surface area (Å²) in [6.45, 7) is 4.32. The van der Waals surface area contributed by atoms with E-state index in [1.54, 1.807) is 0 Å². The van der Waals surface area contributed by atoms with Crippen LogP contribution in [-0.2, 0) is 6.54 Å². The molecule has 0 bridgehead atoms. The van der Waals surface area contributed by atoms with Crippen LogP contribution in [0.3, 0.4) is 0 Å². The summed E-state index contributed by atoms with van der Waals surface area (Å²) in [6, 6.07) is 9.75. The van der Waals surface area contributed by atoms with Crippen LogP contribution in [0.5, 0.6) is 0 Å². The van der Waals surface area contributed by atoms with Crippen LogP contribution in [0.2, 0.25) is 0 Å². The van der Waals surface area contributed by atoms with Gasteiger partial charge in [-0.15, -0.1) is 11.3 Å². The molecule has 3 aromatic rings. The highest BCUT2D eigenvalue weighted by molar-refractivity contribution is 7.18. The van der Waals surface area contributed by atoms with E-state index in [4.69, 9.17) is 5.84 Å². The van der Waals surface area contributed by atoms with E-state index < -0.39 is 0 Å². The summed E-state index contributed by atoms with van der Waals surface area (Å²) in [5.41, 5.74) is 1.74. The number of nitrogens with zero attached hydrogens (tertiary/aromatic N) is 2. The van der Waals surface area contributed by atoms with Gasteiger partial charge >= 0.3 is 0 Å². The molecule has 6 heteroatoms. The average molecular weight is 300 g/mol. The third-order valence-electron chi connectivity index (χ3n) is 3.53. The Bertz CT molecular complexity index is 851. The molecule has 0 spiro atoms. The van der Waals surface area contributed by atoms with E-state index in [1.807, 2.05) is 44.2 Å². The minimum absolute atomic E-state index is 0.188. The van der Waals surface area contributed by atoms with Gasteiger partial charge in [0.1, 0.15) is 4.83 Å². The first-order valence-electron chi connectivity index (χ1n) is 6.63. The Morgan fingerprint density at radius 3 is 2.71 bits per heavy atom. The van der Waals surface area contributed by atoms with Crippen LogP contribution < -0.4 is 16.7 Å². The number of thiophene rings is 1. The van der Waals surface area contributed by atoms with Crippen molar-refractivity contribution in [3.8, 4) is 0 Å². The zero-order valence-corrected chi connectivity index (χ0v) is 12.7. The normalized spacial score (nSPS) is 11.0. The molecule has 0 amide bonds. The lowest BCUT2D eigenvalue weighted by atomic mass is 10.2. The summed E-state index contributed by atoms with van der Waals surface area (Å²) in [5.74, 6) is 6.42. The molecule has 2 aromatic heterocycles. The lowest BCUT2D eigenvalue weighted by molar-refractivity contribution is 0.806. The Hall–Kier alpha value is -2.34. The van der Waals surface area contributed by atoms with Crippen LogP contribution in [0.15, 0.2) is 35.1 Å². The third kappa shape index (κ3) is 2.38. The van der Waals surface area contributed by atoms with Crippen LogP contribution in [0.4, 0.5) is 5.69 Å². The van der Waals surface area contributed by atoms with Gasteiger partial charge in [0.25, 0.3) is 5.56 Å². The largest absolute Gasteiger partial charge is 0.378 e. The molecule has 1 aromatic carbocycles. The number of aromatic nitrogens is 2. The average Bonchev–Trinajstić information content (AvgIpc) is 2.77. The fourth-order valence-corrected chi connectivity index (χ4v) is 3.25. The molecule has 3 N–H and O–H groups in total. The zero-order valence-electron chi connectivity index (χ0n) is 11.9. The number of aryl methyl sites for hydroxylation is 2. The van der Waals surface area contributed by atoms with Gasteiger partial charge < -0.3 is 11.2 Å². The molecule has 0 saturated heterocycles. The highest BCUT2D eigenvalue weighted by Crippen LogP contribution is 2.26. The first-order valence-corrected chi connectivity index (χ1v) is 7.45. The molecule has 0 radical (unpaired) electrons. The number of nitrogens with one attached hydrogen (secondary N) is 1. The Balaban J connectivity index is 2.00. The van der Waals surface area contributed by atoms with Gasteiger partial charge in [-0.1, -0.05) is 18.2 Å². The maximum atomic E-state index is 12.4. The summed E-state index contributed by atoms with van der Waals surface area (Å²) >= 11 is 1.53. The van der Waals surface area contributed by atoms with E-state index in [0.29, 0.717) is 17.8 Å². The van der Waals surface area contributed by atoms with Crippen LogP contribution in [-0.4, -0.2) is 9.66 Å². The molecule has 0 aliphatic carbocycles. The number of hydrogen-bond donors (Lipinski definition) is 2. The number of hydrogen-bond acceptors (Lipinski definition) is 5. The van der Waals surface area contributed by atoms with Gasteiger partial charge in [0.15, 0.2) is 5.82 Å². The van der Waals surface area contributed by atoms with Gasteiger partial charge in [-0.25, -0.2) is 9.66 Å². The van der Waals surface area contributed by atoms with E-state index in [9.17, 15) is 4.79 Å². The number of nitrogens with two attached hydrogens (primary N) is 1. The second kappa shape index (κ2) is 5.21. The van der Waals surface area contributed by atoms with Gasteiger partial charge in [0.2, 0.25) is 0 Å². The number of anilines is 1. The van der Waals surface area contributed by atoms with E-state index >= 15 is 0 Å². The highest BCUT2D eigenvalue weighted by atomic mass is 32.1. The molecule has 0 fully saturated rings. The van der Waals surface area contributed by atoms with Gasteiger partial charge in [0.05, 0.1) is 11.9 Å². The first kappa shape index (κ1) is 13.6. The monoisotopic (exact) mass is 300 g/mol. The molecular formula is C15H16N4OS. The molecule has 21 heavy (non-hydrogen) atoms. The van der Waals surface area contributed by atoms with E-state index in [1.165, 1.54) is 11.3 Å². The summed E-state index contributed by atoms with van der Waals surface area (Å²) < 4.78 is 1.14. The van der Waals surface area contributed by atoms with Crippen molar-refractivity contribution in [1.82, 2.24) is 9.66 Å². The van der Waals surface area contributed by atoms with Crippen molar-refractivity contribution >= 4 is 27.2 Å². The van der Waals surface area contributed by atoms with Gasteiger partial charge in [0, 0.05) is 10.6 Å². The summed E-state index contributed by atoms with van der Waals surface area (Å²) in [4.78, 5) is 18.7. The van der Waals surface area contributed by atoms with E-state index in [0.717, 1.165) is 25.6 Å². The number of para-hydroxylation sites is 1. The molecule has 3 rings (SSSR count). The zero-order chi connectivity index (χ0) is 15.0. The lowest BCUT2D eigenvalue weighted by Crippen LogP contribution is -2.32. The lowest BCUT2D eigenvalue weighted by Gasteiger charge is -2.09. The first-order chi connectivity index (χ1) is 10.1. The van der Waals surface area contributed by atoms with Crippen molar-refractivity contribution in [2.75, 3.05) is 11.2 Å². The van der Waals surface area contributed by atoms with Crippen molar-refractivity contribution in [1.29, 1.82) is 0 Å². The Morgan fingerprint density at radius 1 is 1.29 bits per heavy atom. The summed E-state index contributed by atoms with van der Waals surface area (Å²) in [7, 11) is 0. The predicted octanol–water partition coefficient (Wildman–Crippen LogP) is 2.40. The Morgan fingerprint density at radius 2 is 2.00 bits per heavy atom.